The van der Waals surface area contributed by atoms with Crippen LogP contribution in [0, 0.1) is 11.8 Å². The number of fused-ring (bicyclic) bond motifs is 3. The van der Waals surface area contributed by atoms with Gasteiger partial charge in [-0.25, -0.2) is 4.68 Å². The molecular weight excluding hydrogens is 572 g/mol. The molecule has 7 rings (SSSR count). The molecule has 0 saturated carbocycles. The molecule has 45 heavy (non-hydrogen) atoms. The molecule has 1 N–H and O–H groups in total. The number of benzene rings is 2. The van der Waals surface area contributed by atoms with Gasteiger partial charge in [-0.15, -0.1) is 5.10 Å². The number of likely N-dealkylation sites (tertiary alicyclic amines) is 1. The van der Waals surface area contributed by atoms with Gasteiger partial charge in [-0.1, -0.05) is 84.8 Å². The molecular formula is C34H38N6O5. The Balaban J connectivity index is 1.22. The molecule has 1 spiro atoms. The lowest BCUT2D eigenvalue weighted by Gasteiger charge is -2.35. The fourth-order valence-corrected chi connectivity index (χ4v) is 7.48. The van der Waals surface area contributed by atoms with Crippen molar-refractivity contribution in [3.05, 3.63) is 84.5 Å². The highest BCUT2D eigenvalue weighted by molar-refractivity contribution is 5.99. The summed E-state index contributed by atoms with van der Waals surface area (Å²) in [6.07, 6.45) is 9.99. The molecule has 4 aliphatic rings. The standard InChI is InChI=1S/C34H38N6O5/c41-21-9-2-1-8-20-39-30-33(44)38(23-40-26-15-7-6-14-25(26)35-36-40)19-11-17-34(30)29(32(39)43)28-27(45-34)16-10-18-37(31(28)42)22-24-12-4-3-5-13-24/h3-7,10-17,27-30,41H,1-2,8-9,18-23H2/t27-,28+,29-,30?,34-/m0/s1. The number of aliphatic hydroxyl groups is 1. The lowest BCUT2D eigenvalue weighted by molar-refractivity contribution is -0.149. The fraction of sp³-hybridized carbons (Fsp3) is 0.441. The summed E-state index contributed by atoms with van der Waals surface area (Å²) in [5.41, 5.74) is 1.27. The van der Waals surface area contributed by atoms with Gasteiger partial charge in [0.25, 0.3) is 5.91 Å². The van der Waals surface area contributed by atoms with Gasteiger partial charge < -0.3 is 24.5 Å². The maximum Gasteiger partial charge on any atom is 0.250 e. The SMILES string of the molecule is O=C1C2N(CCCCCCO)C(=O)[C@@H]3[C@@H]4C(=O)N(Cc5ccccc5)CC=C[C@@H]4O[C@]23C=CCN1Cn1nnc2ccccc21. The minimum atomic E-state index is -1.27. The van der Waals surface area contributed by atoms with E-state index in [-0.39, 0.29) is 31.0 Å². The zero-order valence-electron chi connectivity index (χ0n) is 25.1. The van der Waals surface area contributed by atoms with E-state index in [1.807, 2.05) is 78.9 Å². The highest BCUT2D eigenvalue weighted by Gasteiger charge is 2.71. The Hall–Kier alpha value is -4.35. The zero-order chi connectivity index (χ0) is 31.0. The Bertz CT molecular complexity index is 1640. The van der Waals surface area contributed by atoms with Gasteiger partial charge in [0.1, 0.15) is 23.8 Å². The molecule has 5 atom stereocenters. The van der Waals surface area contributed by atoms with Gasteiger partial charge in [-0.2, -0.15) is 0 Å². The zero-order valence-corrected chi connectivity index (χ0v) is 25.1. The lowest BCUT2D eigenvalue weighted by Crippen LogP contribution is -2.55. The molecule has 234 valence electrons. The lowest BCUT2D eigenvalue weighted by atomic mass is 9.77. The summed E-state index contributed by atoms with van der Waals surface area (Å²) in [6, 6.07) is 16.5. The second kappa shape index (κ2) is 12.2. The van der Waals surface area contributed by atoms with E-state index >= 15 is 0 Å². The van der Waals surface area contributed by atoms with Gasteiger partial charge in [0, 0.05) is 32.8 Å². The number of ether oxygens (including phenoxy) is 1. The van der Waals surface area contributed by atoms with Gasteiger partial charge in [0.15, 0.2) is 0 Å². The number of carbonyl (C=O) groups excluding carboxylic acids is 3. The van der Waals surface area contributed by atoms with E-state index in [9.17, 15) is 19.5 Å². The van der Waals surface area contributed by atoms with Crippen molar-refractivity contribution in [3.63, 3.8) is 0 Å². The summed E-state index contributed by atoms with van der Waals surface area (Å²) < 4.78 is 8.47. The minimum Gasteiger partial charge on any atom is -0.396 e. The molecule has 3 aromatic rings. The number of rotatable bonds is 10. The Morgan fingerprint density at radius 2 is 1.64 bits per heavy atom. The maximum atomic E-state index is 14.6. The largest absolute Gasteiger partial charge is 0.396 e. The van der Waals surface area contributed by atoms with Crippen LogP contribution >= 0.6 is 0 Å². The van der Waals surface area contributed by atoms with Crippen LogP contribution in [0.2, 0.25) is 0 Å². The third-order valence-electron chi connectivity index (χ3n) is 9.57. The van der Waals surface area contributed by atoms with Crippen molar-refractivity contribution in [1.29, 1.82) is 0 Å². The van der Waals surface area contributed by atoms with Crippen LogP contribution in [0.15, 0.2) is 78.9 Å². The first-order chi connectivity index (χ1) is 22.0. The Kier molecular flexibility index (Phi) is 7.97. The maximum absolute atomic E-state index is 14.6. The molecule has 2 fully saturated rings. The monoisotopic (exact) mass is 610 g/mol. The minimum absolute atomic E-state index is 0.123. The number of hydrogen-bond acceptors (Lipinski definition) is 7. The molecule has 0 bridgehead atoms. The molecule has 1 aromatic heterocycles. The van der Waals surface area contributed by atoms with Crippen LogP contribution in [0.1, 0.15) is 31.2 Å². The number of amides is 3. The first kappa shape index (κ1) is 29.4. The summed E-state index contributed by atoms with van der Waals surface area (Å²) in [5.74, 6) is -2.16. The number of para-hydroxylation sites is 1. The van der Waals surface area contributed by atoms with Crippen molar-refractivity contribution < 1.29 is 24.2 Å². The van der Waals surface area contributed by atoms with Crippen LogP contribution in [0.5, 0.6) is 0 Å². The van der Waals surface area contributed by atoms with Crippen LogP contribution in [0.3, 0.4) is 0 Å². The smallest absolute Gasteiger partial charge is 0.250 e. The van der Waals surface area contributed by atoms with E-state index in [4.69, 9.17) is 4.74 Å². The summed E-state index contributed by atoms with van der Waals surface area (Å²) in [6.45, 7) is 1.80. The third kappa shape index (κ3) is 5.13. The van der Waals surface area contributed by atoms with Gasteiger partial charge in [0.05, 0.1) is 23.5 Å². The van der Waals surface area contributed by atoms with Crippen molar-refractivity contribution in [1.82, 2.24) is 29.7 Å². The number of aliphatic hydroxyl groups excluding tert-OH is 1. The topological polar surface area (TPSA) is 121 Å². The molecule has 0 aliphatic carbocycles. The summed E-state index contributed by atoms with van der Waals surface area (Å²) >= 11 is 0. The van der Waals surface area contributed by atoms with Crippen molar-refractivity contribution in [2.45, 2.75) is 56.6 Å². The Morgan fingerprint density at radius 3 is 2.49 bits per heavy atom. The van der Waals surface area contributed by atoms with E-state index in [2.05, 4.69) is 10.3 Å². The number of unbranched alkanes of at least 4 members (excludes halogenated alkanes) is 3. The predicted octanol–water partition coefficient (Wildman–Crippen LogP) is 2.52. The predicted molar refractivity (Wildman–Crippen MR) is 165 cm³/mol. The van der Waals surface area contributed by atoms with Gasteiger partial charge >= 0.3 is 0 Å². The number of carbonyl (C=O) groups is 3. The molecule has 2 saturated heterocycles. The van der Waals surface area contributed by atoms with Crippen molar-refractivity contribution in [2.75, 3.05) is 26.2 Å². The Labute approximate surface area is 261 Å². The van der Waals surface area contributed by atoms with Crippen LogP contribution < -0.4 is 0 Å². The van der Waals surface area contributed by atoms with Crippen molar-refractivity contribution >= 4 is 28.8 Å². The van der Waals surface area contributed by atoms with E-state index in [1.165, 1.54) is 0 Å². The third-order valence-corrected chi connectivity index (χ3v) is 9.57. The van der Waals surface area contributed by atoms with Gasteiger partial charge in [-0.3, -0.25) is 14.4 Å². The van der Waals surface area contributed by atoms with Gasteiger partial charge in [0.2, 0.25) is 11.8 Å². The quantitative estimate of drug-likeness (QED) is 0.277. The first-order valence-electron chi connectivity index (χ1n) is 15.8. The molecule has 2 aromatic carbocycles. The highest BCUT2D eigenvalue weighted by Crippen LogP contribution is 2.53. The van der Waals surface area contributed by atoms with Crippen LogP contribution in [-0.4, -0.2) is 96.5 Å². The number of aromatic nitrogens is 3. The molecule has 5 heterocycles. The van der Waals surface area contributed by atoms with Crippen LogP contribution in [0.25, 0.3) is 11.0 Å². The van der Waals surface area contributed by atoms with Crippen LogP contribution in [0.4, 0.5) is 0 Å². The molecule has 11 nitrogen and oxygen atoms in total. The first-order valence-corrected chi connectivity index (χ1v) is 15.8. The second-order valence-corrected chi connectivity index (χ2v) is 12.3. The summed E-state index contributed by atoms with van der Waals surface area (Å²) in [5, 5.41) is 17.8. The van der Waals surface area contributed by atoms with E-state index in [0.29, 0.717) is 39.0 Å². The molecule has 0 radical (unpaired) electrons. The van der Waals surface area contributed by atoms with E-state index in [0.717, 1.165) is 29.4 Å². The summed E-state index contributed by atoms with van der Waals surface area (Å²) in [4.78, 5) is 48.5. The number of hydrogen-bond donors (Lipinski definition) is 1. The average Bonchev–Trinajstić information content (AvgIpc) is 3.61. The fourth-order valence-electron chi connectivity index (χ4n) is 7.48. The highest BCUT2D eigenvalue weighted by atomic mass is 16.5. The van der Waals surface area contributed by atoms with Crippen LogP contribution in [-0.2, 0) is 32.3 Å². The average molecular weight is 611 g/mol. The van der Waals surface area contributed by atoms with Crippen molar-refractivity contribution in [2.24, 2.45) is 11.8 Å². The van der Waals surface area contributed by atoms with E-state index in [1.54, 1.807) is 19.4 Å². The molecule has 1 unspecified atom stereocenters. The molecule has 4 aliphatic heterocycles. The van der Waals surface area contributed by atoms with Gasteiger partial charge in [-0.05, 0) is 30.5 Å². The molecule has 3 amide bonds. The number of nitrogens with zero attached hydrogens (tertiary/aromatic N) is 6. The Morgan fingerprint density at radius 1 is 0.867 bits per heavy atom. The second-order valence-electron chi connectivity index (χ2n) is 12.3. The normalized spacial score (nSPS) is 27.6. The van der Waals surface area contributed by atoms with Crippen molar-refractivity contribution in [3.8, 4) is 0 Å². The summed E-state index contributed by atoms with van der Waals surface area (Å²) in [7, 11) is 0. The molecule has 11 heteroatoms. The van der Waals surface area contributed by atoms with E-state index < -0.39 is 29.6 Å².